The van der Waals surface area contributed by atoms with Gasteiger partial charge >= 0.3 is 5.97 Å². The van der Waals surface area contributed by atoms with Crippen LogP contribution < -0.4 is 4.74 Å². The van der Waals surface area contributed by atoms with Crippen molar-refractivity contribution in [2.45, 2.75) is 20.3 Å². The van der Waals surface area contributed by atoms with Gasteiger partial charge in [-0.25, -0.2) is 0 Å². The molecule has 0 amide bonds. The Morgan fingerprint density at radius 3 is 2.47 bits per heavy atom. The van der Waals surface area contributed by atoms with Crippen LogP contribution in [-0.2, 0) is 20.7 Å². The van der Waals surface area contributed by atoms with Crippen LogP contribution in [-0.4, -0.2) is 33.4 Å². The molecular formula is C15H20O4. The molecule has 2 rings (SSSR count). The standard InChI is InChI=1S/C15H20O4/c1-10-5-11(2)13(17-3)12(6-10)7-15(8-19-9-15)14(16)18-4/h5-6H,7-9H2,1-4H3. The molecule has 1 heterocycles. The van der Waals surface area contributed by atoms with E-state index < -0.39 is 5.41 Å². The number of carbonyl (C=O) groups is 1. The third-order valence-corrected chi connectivity index (χ3v) is 3.60. The van der Waals surface area contributed by atoms with Crippen LogP contribution in [0, 0.1) is 19.3 Å². The summed E-state index contributed by atoms with van der Waals surface area (Å²) >= 11 is 0. The highest BCUT2D eigenvalue weighted by atomic mass is 16.5. The van der Waals surface area contributed by atoms with E-state index in [1.54, 1.807) is 7.11 Å². The molecule has 4 nitrogen and oxygen atoms in total. The van der Waals surface area contributed by atoms with Gasteiger partial charge in [-0.15, -0.1) is 0 Å². The van der Waals surface area contributed by atoms with Gasteiger partial charge in [-0.2, -0.15) is 0 Å². The number of benzene rings is 1. The zero-order valence-electron chi connectivity index (χ0n) is 11.9. The highest BCUT2D eigenvalue weighted by Crippen LogP contribution is 2.37. The molecule has 0 aliphatic carbocycles. The first-order chi connectivity index (χ1) is 9.02. The van der Waals surface area contributed by atoms with Crippen molar-refractivity contribution in [1.29, 1.82) is 0 Å². The third kappa shape index (κ3) is 2.45. The van der Waals surface area contributed by atoms with Gasteiger partial charge in [0.2, 0.25) is 0 Å². The molecule has 1 aromatic carbocycles. The number of carbonyl (C=O) groups excluding carboxylic acids is 1. The minimum absolute atomic E-state index is 0.208. The van der Waals surface area contributed by atoms with Crippen molar-refractivity contribution in [3.8, 4) is 5.75 Å². The summed E-state index contributed by atoms with van der Waals surface area (Å²) in [5, 5.41) is 0. The number of rotatable bonds is 4. The molecule has 1 aliphatic rings. The Bertz CT molecular complexity index is 489. The fourth-order valence-electron chi connectivity index (χ4n) is 2.69. The summed E-state index contributed by atoms with van der Waals surface area (Å²) in [7, 11) is 3.07. The van der Waals surface area contributed by atoms with Crippen LogP contribution in [0.1, 0.15) is 16.7 Å². The minimum atomic E-state index is -0.553. The summed E-state index contributed by atoms with van der Waals surface area (Å²) in [6.07, 6.45) is 0.589. The highest BCUT2D eigenvalue weighted by Gasteiger charge is 2.47. The number of ether oxygens (including phenoxy) is 3. The molecule has 1 aliphatic heterocycles. The zero-order chi connectivity index (χ0) is 14.0. The average molecular weight is 264 g/mol. The average Bonchev–Trinajstić information content (AvgIpc) is 2.32. The van der Waals surface area contributed by atoms with E-state index in [9.17, 15) is 4.79 Å². The number of esters is 1. The topological polar surface area (TPSA) is 44.8 Å². The van der Waals surface area contributed by atoms with E-state index in [1.165, 1.54) is 7.11 Å². The molecule has 1 fully saturated rings. The second-order valence-corrected chi connectivity index (χ2v) is 5.22. The highest BCUT2D eigenvalue weighted by molar-refractivity contribution is 5.78. The van der Waals surface area contributed by atoms with Gasteiger partial charge in [0.15, 0.2) is 0 Å². The van der Waals surface area contributed by atoms with Gasteiger partial charge < -0.3 is 14.2 Å². The smallest absolute Gasteiger partial charge is 0.316 e. The molecule has 0 atom stereocenters. The Kier molecular flexibility index (Phi) is 3.80. The SMILES string of the molecule is COC(=O)C1(Cc2cc(C)cc(C)c2OC)COC1. The van der Waals surface area contributed by atoms with Crippen LogP contribution in [0.2, 0.25) is 0 Å². The monoisotopic (exact) mass is 264 g/mol. The van der Waals surface area contributed by atoms with Crippen LogP contribution in [0.25, 0.3) is 0 Å². The Hall–Kier alpha value is -1.55. The summed E-state index contributed by atoms with van der Waals surface area (Å²) in [6, 6.07) is 4.14. The van der Waals surface area contributed by atoms with Crippen LogP contribution >= 0.6 is 0 Å². The van der Waals surface area contributed by atoms with Crippen molar-refractivity contribution in [2.75, 3.05) is 27.4 Å². The van der Waals surface area contributed by atoms with Gasteiger partial charge in [-0.1, -0.05) is 17.7 Å². The molecule has 0 N–H and O–H groups in total. The van der Waals surface area contributed by atoms with Gasteiger partial charge in [0.05, 0.1) is 27.4 Å². The Labute approximate surface area is 113 Å². The van der Waals surface area contributed by atoms with E-state index in [2.05, 4.69) is 12.1 Å². The predicted octanol–water partition coefficient (Wildman–Crippen LogP) is 2.04. The lowest BCUT2D eigenvalue weighted by atomic mass is 9.79. The van der Waals surface area contributed by atoms with Gasteiger partial charge in [-0.3, -0.25) is 4.79 Å². The maximum absolute atomic E-state index is 11.9. The van der Waals surface area contributed by atoms with Crippen molar-refractivity contribution in [3.05, 3.63) is 28.8 Å². The second kappa shape index (κ2) is 5.21. The lowest BCUT2D eigenvalue weighted by molar-refractivity contribution is -0.182. The van der Waals surface area contributed by atoms with Crippen LogP contribution in [0.4, 0.5) is 0 Å². The summed E-state index contributed by atoms with van der Waals surface area (Å²) in [6.45, 7) is 4.88. The number of methoxy groups -OCH3 is 2. The summed E-state index contributed by atoms with van der Waals surface area (Å²) in [5.74, 6) is 0.640. The van der Waals surface area contributed by atoms with Crippen LogP contribution in [0.3, 0.4) is 0 Å². The fraction of sp³-hybridized carbons (Fsp3) is 0.533. The van der Waals surface area contributed by atoms with Gasteiger partial charge in [0.1, 0.15) is 11.2 Å². The second-order valence-electron chi connectivity index (χ2n) is 5.22. The Morgan fingerprint density at radius 1 is 1.32 bits per heavy atom. The first-order valence-electron chi connectivity index (χ1n) is 6.33. The summed E-state index contributed by atoms with van der Waals surface area (Å²) < 4.78 is 15.6. The van der Waals surface area contributed by atoms with Crippen molar-refractivity contribution in [3.63, 3.8) is 0 Å². The first kappa shape index (κ1) is 13.9. The normalized spacial score (nSPS) is 16.6. The predicted molar refractivity (Wildman–Crippen MR) is 71.4 cm³/mol. The molecule has 0 spiro atoms. The molecular weight excluding hydrogens is 244 g/mol. The Morgan fingerprint density at radius 2 is 2.00 bits per heavy atom. The van der Waals surface area contributed by atoms with Gasteiger partial charge in [-0.05, 0) is 31.4 Å². The molecule has 0 saturated carbocycles. The lowest BCUT2D eigenvalue weighted by Gasteiger charge is -2.39. The van der Waals surface area contributed by atoms with Crippen molar-refractivity contribution >= 4 is 5.97 Å². The number of hydrogen-bond acceptors (Lipinski definition) is 4. The molecule has 19 heavy (non-hydrogen) atoms. The summed E-state index contributed by atoms with van der Waals surface area (Å²) in [5.41, 5.74) is 2.72. The largest absolute Gasteiger partial charge is 0.496 e. The minimum Gasteiger partial charge on any atom is -0.496 e. The maximum Gasteiger partial charge on any atom is 0.316 e. The van der Waals surface area contributed by atoms with E-state index in [0.717, 1.165) is 22.4 Å². The molecule has 104 valence electrons. The van der Waals surface area contributed by atoms with Gasteiger partial charge in [0.25, 0.3) is 0 Å². The third-order valence-electron chi connectivity index (χ3n) is 3.60. The number of aryl methyl sites for hydroxylation is 2. The van der Waals surface area contributed by atoms with Crippen molar-refractivity contribution < 1.29 is 19.0 Å². The quantitative estimate of drug-likeness (QED) is 0.781. The molecule has 0 radical (unpaired) electrons. The van der Waals surface area contributed by atoms with E-state index in [-0.39, 0.29) is 5.97 Å². The Balaban J connectivity index is 2.34. The van der Waals surface area contributed by atoms with E-state index >= 15 is 0 Å². The first-order valence-corrected chi connectivity index (χ1v) is 6.33. The van der Waals surface area contributed by atoms with Crippen LogP contribution in [0.5, 0.6) is 5.75 Å². The summed E-state index contributed by atoms with van der Waals surface area (Å²) in [4.78, 5) is 11.9. The number of hydrogen-bond donors (Lipinski definition) is 0. The van der Waals surface area contributed by atoms with E-state index in [1.807, 2.05) is 13.8 Å². The molecule has 0 bridgehead atoms. The molecule has 0 unspecified atom stereocenters. The fourth-order valence-corrected chi connectivity index (χ4v) is 2.69. The molecule has 4 heteroatoms. The van der Waals surface area contributed by atoms with Gasteiger partial charge in [0, 0.05) is 0 Å². The maximum atomic E-state index is 11.9. The molecule has 0 aromatic heterocycles. The lowest BCUT2D eigenvalue weighted by Crippen LogP contribution is -2.51. The molecule has 1 saturated heterocycles. The van der Waals surface area contributed by atoms with Crippen molar-refractivity contribution in [1.82, 2.24) is 0 Å². The van der Waals surface area contributed by atoms with Crippen LogP contribution in [0.15, 0.2) is 12.1 Å². The van der Waals surface area contributed by atoms with E-state index in [0.29, 0.717) is 19.6 Å². The molecule has 1 aromatic rings. The van der Waals surface area contributed by atoms with Crippen molar-refractivity contribution in [2.24, 2.45) is 5.41 Å². The zero-order valence-corrected chi connectivity index (χ0v) is 11.9. The van der Waals surface area contributed by atoms with E-state index in [4.69, 9.17) is 14.2 Å².